The Morgan fingerprint density at radius 3 is 2.83 bits per heavy atom. The number of piperazine rings is 1. The van der Waals surface area contributed by atoms with Crippen LogP contribution in [-0.2, 0) is 14.3 Å². The number of esters is 1. The molecule has 2 rings (SSSR count). The quantitative estimate of drug-likeness (QED) is 0.227. The largest absolute Gasteiger partial charge is 0.467 e. The number of carbonyl (C=O) groups is 3. The molecule has 1 atom stereocenters. The number of methoxy groups -OCH3 is 1. The van der Waals surface area contributed by atoms with Crippen molar-refractivity contribution in [3.05, 3.63) is 33.9 Å². The number of nitro benzene ring substituents is 1. The minimum Gasteiger partial charge on any atom is -0.467 e. The van der Waals surface area contributed by atoms with E-state index in [0.29, 0.717) is 38.3 Å². The number of benzene rings is 1. The maximum absolute atomic E-state index is 12.2. The van der Waals surface area contributed by atoms with Gasteiger partial charge in [-0.2, -0.15) is 0 Å². The Morgan fingerprint density at radius 2 is 2.17 bits per heavy atom. The van der Waals surface area contributed by atoms with E-state index in [9.17, 15) is 24.5 Å². The van der Waals surface area contributed by atoms with Gasteiger partial charge in [-0.05, 0) is 25.5 Å². The molecule has 1 saturated heterocycles. The second-order valence-electron chi connectivity index (χ2n) is 6.61. The van der Waals surface area contributed by atoms with E-state index < -0.39 is 22.8 Å². The summed E-state index contributed by atoms with van der Waals surface area (Å²) in [6, 6.07) is 3.20. The van der Waals surface area contributed by atoms with Gasteiger partial charge in [0.15, 0.2) is 0 Å². The summed E-state index contributed by atoms with van der Waals surface area (Å²) in [7, 11) is 1.20. The van der Waals surface area contributed by atoms with E-state index in [4.69, 9.17) is 0 Å². The summed E-state index contributed by atoms with van der Waals surface area (Å²) >= 11 is 0. The molecular formula is C18H25N5O6. The van der Waals surface area contributed by atoms with Crippen molar-refractivity contribution >= 4 is 29.2 Å². The van der Waals surface area contributed by atoms with Gasteiger partial charge in [-0.15, -0.1) is 0 Å². The summed E-state index contributed by atoms with van der Waals surface area (Å²) in [6.07, 6.45) is 0.698. The fourth-order valence-electron chi connectivity index (χ4n) is 2.90. The van der Waals surface area contributed by atoms with Gasteiger partial charge in [0.25, 0.3) is 11.6 Å². The van der Waals surface area contributed by atoms with Crippen LogP contribution in [0.1, 0.15) is 23.7 Å². The van der Waals surface area contributed by atoms with Crippen molar-refractivity contribution in [3.63, 3.8) is 0 Å². The van der Waals surface area contributed by atoms with E-state index >= 15 is 0 Å². The fraction of sp³-hybridized carbons (Fsp3) is 0.500. The van der Waals surface area contributed by atoms with Gasteiger partial charge in [0.05, 0.1) is 18.6 Å². The SMILES string of the molecule is COC(=O)C(C)NC(=O)c1ccc(NCCCN2CCNC(=O)C2)c([N+](=O)[O-])c1. The molecule has 0 bridgehead atoms. The molecule has 0 spiro atoms. The second-order valence-corrected chi connectivity index (χ2v) is 6.61. The van der Waals surface area contributed by atoms with Crippen LogP contribution in [0.2, 0.25) is 0 Å². The second kappa shape index (κ2) is 10.4. The Balaban J connectivity index is 1.94. The molecule has 1 unspecified atom stereocenters. The monoisotopic (exact) mass is 407 g/mol. The number of carbonyl (C=O) groups excluding carboxylic acids is 3. The Bertz CT molecular complexity index is 784. The van der Waals surface area contributed by atoms with Crippen molar-refractivity contribution in [2.45, 2.75) is 19.4 Å². The minimum atomic E-state index is -0.874. The number of hydrogen-bond acceptors (Lipinski definition) is 8. The molecule has 1 aromatic carbocycles. The highest BCUT2D eigenvalue weighted by Gasteiger charge is 2.21. The van der Waals surface area contributed by atoms with Gasteiger partial charge < -0.3 is 20.7 Å². The number of hydrogen-bond donors (Lipinski definition) is 3. The third-order valence-corrected chi connectivity index (χ3v) is 4.44. The highest BCUT2D eigenvalue weighted by atomic mass is 16.6. The predicted molar refractivity (Wildman–Crippen MR) is 105 cm³/mol. The van der Waals surface area contributed by atoms with Crippen molar-refractivity contribution < 1.29 is 24.0 Å². The third-order valence-electron chi connectivity index (χ3n) is 4.44. The van der Waals surface area contributed by atoms with Crippen LogP contribution in [0.3, 0.4) is 0 Å². The molecule has 1 aliphatic heterocycles. The average molecular weight is 407 g/mol. The lowest BCUT2D eigenvalue weighted by Crippen LogP contribution is -2.47. The van der Waals surface area contributed by atoms with Crippen LogP contribution in [0.25, 0.3) is 0 Å². The number of rotatable bonds is 9. The summed E-state index contributed by atoms with van der Waals surface area (Å²) in [5.41, 5.74) is 0.127. The molecule has 0 saturated carbocycles. The molecule has 0 aromatic heterocycles. The van der Waals surface area contributed by atoms with Crippen molar-refractivity contribution in [2.24, 2.45) is 0 Å². The molecule has 1 fully saturated rings. The lowest BCUT2D eigenvalue weighted by Gasteiger charge is -2.26. The molecule has 0 aliphatic carbocycles. The van der Waals surface area contributed by atoms with Gasteiger partial charge >= 0.3 is 5.97 Å². The number of amides is 2. The lowest BCUT2D eigenvalue weighted by atomic mass is 10.1. The maximum Gasteiger partial charge on any atom is 0.328 e. The summed E-state index contributed by atoms with van der Waals surface area (Å²) < 4.78 is 4.54. The summed E-state index contributed by atoms with van der Waals surface area (Å²) in [4.78, 5) is 47.8. The molecule has 1 heterocycles. The Kier molecular flexibility index (Phi) is 7.89. The normalized spacial score (nSPS) is 15.2. The van der Waals surface area contributed by atoms with Crippen LogP contribution in [0, 0.1) is 10.1 Å². The predicted octanol–water partition coefficient (Wildman–Crippen LogP) is 0.120. The van der Waals surface area contributed by atoms with E-state index in [1.807, 2.05) is 4.90 Å². The van der Waals surface area contributed by atoms with Gasteiger partial charge in [0, 0.05) is 37.8 Å². The zero-order chi connectivity index (χ0) is 21.4. The maximum atomic E-state index is 12.2. The Hall–Kier alpha value is -3.21. The first-order chi connectivity index (χ1) is 13.8. The molecule has 3 N–H and O–H groups in total. The number of nitrogens with one attached hydrogen (secondary N) is 3. The zero-order valence-corrected chi connectivity index (χ0v) is 16.4. The van der Waals surface area contributed by atoms with Gasteiger partial charge in [-0.3, -0.25) is 24.6 Å². The molecule has 11 nitrogen and oxygen atoms in total. The van der Waals surface area contributed by atoms with Crippen molar-refractivity contribution in [1.29, 1.82) is 0 Å². The highest BCUT2D eigenvalue weighted by Crippen LogP contribution is 2.25. The van der Waals surface area contributed by atoms with E-state index in [2.05, 4.69) is 20.7 Å². The number of ether oxygens (including phenoxy) is 1. The molecular weight excluding hydrogens is 382 g/mol. The van der Waals surface area contributed by atoms with Crippen molar-refractivity contribution in [3.8, 4) is 0 Å². The van der Waals surface area contributed by atoms with Crippen LogP contribution in [0.5, 0.6) is 0 Å². The molecule has 29 heavy (non-hydrogen) atoms. The average Bonchev–Trinajstić information content (AvgIpc) is 2.70. The number of nitrogens with zero attached hydrogens (tertiary/aromatic N) is 2. The van der Waals surface area contributed by atoms with Crippen LogP contribution in [-0.4, -0.2) is 73.5 Å². The zero-order valence-electron chi connectivity index (χ0n) is 16.4. The summed E-state index contributed by atoms with van der Waals surface area (Å²) in [5, 5.41) is 19.6. The summed E-state index contributed by atoms with van der Waals surface area (Å²) in [6.45, 7) is 4.38. The van der Waals surface area contributed by atoms with Crippen LogP contribution in [0.4, 0.5) is 11.4 Å². The fourth-order valence-corrected chi connectivity index (χ4v) is 2.90. The van der Waals surface area contributed by atoms with Crippen LogP contribution in [0.15, 0.2) is 18.2 Å². The smallest absolute Gasteiger partial charge is 0.328 e. The molecule has 11 heteroatoms. The number of anilines is 1. The van der Waals surface area contributed by atoms with Gasteiger partial charge in [0.1, 0.15) is 11.7 Å². The Labute approximate surface area is 167 Å². The first-order valence-electron chi connectivity index (χ1n) is 9.22. The highest BCUT2D eigenvalue weighted by molar-refractivity contribution is 5.97. The van der Waals surface area contributed by atoms with Crippen LogP contribution < -0.4 is 16.0 Å². The molecule has 158 valence electrons. The van der Waals surface area contributed by atoms with E-state index in [1.54, 1.807) is 0 Å². The van der Waals surface area contributed by atoms with Crippen LogP contribution >= 0.6 is 0 Å². The standard InChI is InChI=1S/C18H25N5O6/c1-12(18(26)29-2)21-17(25)13-4-5-14(15(10-13)23(27)28)19-6-3-8-22-9-7-20-16(24)11-22/h4-5,10,12,19H,3,6-9,11H2,1-2H3,(H,20,24)(H,21,25). The topological polar surface area (TPSA) is 143 Å². The first-order valence-corrected chi connectivity index (χ1v) is 9.22. The lowest BCUT2D eigenvalue weighted by molar-refractivity contribution is -0.384. The van der Waals surface area contributed by atoms with Gasteiger partial charge in [-0.1, -0.05) is 0 Å². The van der Waals surface area contributed by atoms with Gasteiger partial charge in [0.2, 0.25) is 5.91 Å². The summed E-state index contributed by atoms with van der Waals surface area (Å²) in [5.74, 6) is -1.23. The third kappa shape index (κ3) is 6.42. The molecule has 1 aliphatic rings. The molecule has 1 aromatic rings. The van der Waals surface area contributed by atoms with Crippen molar-refractivity contribution in [1.82, 2.24) is 15.5 Å². The minimum absolute atomic E-state index is 0.00442. The van der Waals surface area contributed by atoms with E-state index in [0.717, 1.165) is 12.6 Å². The van der Waals surface area contributed by atoms with Gasteiger partial charge in [-0.25, -0.2) is 4.79 Å². The van der Waals surface area contributed by atoms with E-state index in [1.165, 1.54) is 26.2 Å². The van der Waals surface area contributed by atoms with Crippen molar-refractivity contribution in [2.75, 3.05) is 45.2 Å². The van der Waals surface area contributed by atoms with E-state index in [-0.39, 0.29) is 17.2 Å². The molecule has 0 radical (unpaired) electrons. The molecule has 2 amide bonds. The first kappa shape index (κ1) is 22.1. The number of nitro groups is 1. The Morgan fingerprint density at radius 1 is 1.41 bits per heavy atom.